The number of nitrogens with zero attached hydrogens (tertiary/aromatic N) is 2. The number of rotatable bonds is 4. The zero-order valence-corrected chi connectivity index (χ0v) is 13.4. The molecule has 0 aliphatic heterocycles. The van der Waals surface area contributed by atoms with Gasteiger partial charge in [-0.2, -0.15) is 0 Å². The summed E-state index contributed by atoms with van der Waals surface area (Å²) in [6.45, 7) is 0.111. The first-order chi connectivity index (χ1) is 10.5. The molecule has 3 aromatic rings. The molecule has 0 unspecified atom stereocenters. The van der Waals surface area contributed by atoms with E-state index in [1.807, 2.05) is 35.9 Å². The van der Waals surface area contributed by atoms with Gasteiger partial charge in [0.25, 0.3) is 0 Å². The van der Waals surface area contributed by atoms with Crippen molar-refractivity contribution in [1.29, 1.82) is 0 Å². The Kier molecular flexibility index (Phi) is 3.90. The van der Waals surface area contributed by atoms with Gasteiger partial charge >= 0.3 is 0 Å². The molecule has 22 heavy (non-hydrogen) atoms. The van der Waals surface area contributed by atoms with E-state index in [0.29, 0.717) is 10.8 Å². The molecule has 0 saturated carbocycles. The summed E-state index contributed by atoms with van der Waals surface area (Å²) in [5.74, 6) is 0.645. The van der Waals surface area contributed by atoms with E-state index in [-0.39, 0.29) is 11.4 Å². The van der Waals surface area contributed by atoms with Crippen LogP contribution in [0.2, 0.25) is 5.02 Å². The Hall–Kier alpha value is -1.89. The minimum atomic E-state index is -3.62. The number of aryl methyl sites for hydroxylation is 1. The van der Waals surface area contributed by atoms with Crippen LogP contribution in [0.3, 0.4) is 0 Å². The van der Waals surface area contributed by atoms with E-state index in [1.165, 1.54) is 12.1 Å². The monoisotopic (exact) mass is 335 g/mol. The van der Waals surface area contributed by atoms with Gasteiger partial charge in [0.15, 0.2) is 0 Å². The highest BCUT2D eigenvalue weighted by Gasteiger charge is 2.16. The Morgan fingerprint density at radius 1 is 1.18 bits per heavy atom. The molecule has 3 rings (SSSR count). The van der Waals surface area contributed by atoms with Crippen LogP contribution >= 0.6 is 11.6 Å². The third-order valence-corrected chi connectivity index (χ3v) is 5.04. The highest BCUT2D eigenvalue weighted by atomic mass is 35.5. The normalized spacial score (nSPS) is 11.9. The number of fused-ring (bicyclic) bond motifs is 1. The van der Waals surface area contributed by atoms with E-state index < -0.39 is 10.0 Å². The average Bonchev–Trinajstić information content (AvgIpc) is 2.82. The van der Waals surface area contributed by atoms with Gasteiger partial charge in [-0.25, -0.2) is 18.1 Å². The number of benzene rings is 2. The Morgan fingerprint density at radius 3 is 2.68 bits per heavy atom. The lowest BCUT2D eigenvalue weighted by Gasteiger charge is -2.07. The molecule has 1 N–H and O–H groups in total. The molecule has 2 aromatic carbocycles. The van der Waals surface area contributed by atoms with E-state index in [4.69, 9.17) is 11.6 Å². The lowest BCUT2D eigenvalue weighted by Crippen LogP contribution is -2.24. The van der Waals surface area contributed by atoms with Gasteiger partial charge in [0, 0.05) is 12.1 Å². The lowest BCUT2D eigenvalue weighted by atomic mass is 10.3. The van der Waals surface area contributed by atoms with Crippen LogP contribution in [0.4, 0.5) is 0 Å². The quantitative estimate of drug-likeness (QED) is 0.797. The third-order valence-electron chi connectivity index (χ3n) is 3.41. The molecule has 0 radical (unpaired) electrons. The van der Waals surface area contributed by atoms with Crippen LogP contribution in [-0.4, -0.2) is 18.0 Å². The van der Waals surface area contributed by atoms with Crippen molar-refractivity contribution < 1.29 is 8.42 Å². The number of aromatic nitrogens is 2. The van der Waals surface area contributed by atoms with E-state index in [0.717, 1.165) is 11.0 Å². The van der Waals surface area contributed by atoms with Crippen LogP contribution in [0.15, 0.2) is 53.4 Å². The molecule has 114 valence electrons. The minimum Gasteiger partial charge on any atom is -0.330 e. The van der Waals surface area contributed by atoms with Crippen molar-refractivity contribution in [2.45, 2.75) is 11.4 Å². The van der Waals surface area contributed by atoms with E-state index in [9.17, 15) is 8.42 Å². The SMILES string of the molecule is Cn1c(CNS(=O)(=O)c2cccc(Cl)c2)nc2ccccc21. The summed E-state index contributed by atoms with van der Waals surface area (Å²) in [6, 6.07) is 13.8. The number of hydrogen-bond donors (Lipinski definition) is 1. The molecule has 0 atom stereocenters. The van der Waals surface area contributed by atoms with Crippen molar-refractivity contribution in [3.05, 3.63) is 59.4 Å². The first kappa shape index (κ1) is 15.0. The van der Waals surface area contributed by atoms with Gasteiger partial charge in [0.2, 0.25) is 10.0 Å². The largest absolute Gasteiger partial charge is 0.330 e. The molecular weight excluding hydrogens is 322 g/mol. The van der Waals surface area contributed by atoms with Gasteiger partial charge < -0.3 is 4.57 Å². The number of hydrogen-bond acceptors (Lipinski definition) is 3. The van der Waals surface area contributed by atoms with E-state index >= 15 is 0 Å². The Labute approximate surface area is 133 Å². The van der Waals surface area contributed by atoms with Crippen molar-refractivity contribution >= 4 is 32.7 Å². The molecule has 0 fully saturated rings. The lowest BCUT2D eigenvalue weighted by molar-refractivity contribution is 0.578. The van der Waals surface area contributed by atoms with Crippen LogP contribution < -0.4 is 4.72 Å². The zero-order chi connectivity index (χ0) is 15.7. The molecule has 1 aromatic heterocycles. The molecular formula is C15H14ClN3O2S. The fourth-order valence-corrected chi connectivity index (χ4v) is 3.51. The average molecular weight is 336 g/mol. The molecule has 0 aliphatic carbocycles. The Balaban J connectivity index is 1.86. The first-order valence-corrected chi connectivity index (χ1v) is 8.49. The predicted octanol–water partition coefficient (Wildman–Crippen LogP) is 2.71. The summed E-state index contributed by atoms with van der Waals surface area (Å²) in [4.78, 5) is 4.57. The van der Waals surface area contributed by atoms with Gasteiger partial charge in [-0.3, -0.25) is 0 Å². The second kappa shape index (κ2) is 5.72. The Bertz CT molecular complexity index is 935. The highest BCUT2D eigenvalue weighted by molar-refractivity contribution is 7.89. The van der Waals surface area contributed by atoms with Crippen molar-refractivity contribution in [2.24, 2.45) is 7.05 Å². The fourth-order valence-electron chi connectivity index (χ4n) is 2.23. The number of nitrogens with one attached hydrogen (secondary N) is 1. The summed E-state index contributed by atoms with van der Waals surface area (Å²) in [7, 11) is -1.76. The smallest absolute Gasteiger partial charge is 0.241 e. The van der Waals surface area contributed by atoms with Crippen molar-refractivity contribution in [2.75, 3.05) is 0 Å². The second-order valence-corrected chi connectivity index (χ2v) is 7.06. The van der Waals surface area contributed by atoms with Crippen molar-refractivity contribution in [3.8, 4) is 0 Å². The maximum atomic E-state index is 12.3. The number of imidazole rings is 1. The van der Waals surface area contributed by atoms with Crippen LogP contribution in [0.25, 0.3) is 11.0 Å². The fraction of sp³-hybridized carbons (Fsp3) is 0.133. The zero-order valence-electron chi connectivity index (χ0n) is 11.8. The minimum absolute atomic E-state index is 0.111. The van der Waals surface area contributed by atoms with Gasteiger partial charge in [0.1, 0.15) is 5.82 Å². The van der Waals surface area contributed by atoms with Crippen molar-refractivity contribution in [3.63, 3.8) is 0 Å². The number of para-hydroxylation sites is 2. The summed E-state index contributed by atoms with van der Waals surface area (Å²) in [5, 5.41) is 0.380. The molecule has 0 spiro atoms. The molecule has 7 heteroatoms. The topological polar surface area (TPSA) is 64.0 Å². The standard InChI is InChI=1S/C15H14ClN3O2S/c1-19-14-8-3-2-7-13(14)18-15(19)10-17-22(20,21)12-6-4-5-11(16)9-12/h2-9,17H,10H2,1H3. The third kappa shape index (κ3) is 2.85. The molecule has 0 saturated heterocycles. The van der Waals surface area contributed by atoms with E-state index in [1.54, 1.807) is 12.1 Å². The number of sulfonamides is 1. The van der Waals surface area contributed by atoms with Gasteiger partial charge in [-0.05, 0) is 30.3 Å². The summed E-state index contributed by atoms with van der Waals surface area (Å²) < 4.78 is 29.0. The molecule has 5 nitrogen and oxygen atoms in total. The summed E-state index contributed by atoms with van der Waals surface area (Å²) in [5.41, 5.74) is 1.79. The van der Waals surface area contributed by atoms with Gasteiger partial charge in [0.05, 0.1) is 22.5 Å². The molecule has 1 heterocycles. The summed E-state index contributed by atoms with van der Waals surface area (Å²) in [6.07, 6.45) is 0. The van der Waals surface area contributed by atoms with Gasteiger partial charge in [-0.15, -0.1) is 0 Å². The van der Waals surface area contributed by atoms with Crippen LogP contribution in [0.1, 0.15) is 5.82 Å². The molecule has 0 bridgehead atoms. The maximum Gasteiger partial charge on any atom is 0.241 e. The van der Waals surface area contributed by atoms with Crippen LogP contribution in [0.5, 0.6) is 0 Å². The highest BCUT2D eigenvalue weighted by Crippen LogP contribution is 2.17. The second-order valence-electron chi connectivity index (χ2n) is 4.86. The van der Waals surface area contributed by atoms with Crippen LogP contribution in [0, 0.1) is 0 Å². The predicted molar refractivity (Wildman–Crippen MR) is 86.2 cm³/mol. The number of halogens is 1. The first-order valence-electron chi connectivity index (χ1n) is 6.63. The van der Waals surface area contributed by atoms with Crippen molar-refractivity contribution in [1.82, 2.24) is 14.3 Å². The molecule has 0 aliphatic rings. The maximum absolute atomic E-state index is 12.3. The van der Waals surface area contributed by atoms with Gasteiger partial charge in [-0.1, -0.05) is 29.8 Å². The molecule has 0 amide bonds. The van der Waals surface area contributed by atoms with E-state index in [2.05, 4.69) is 9.71 Å². The summed E-state index contributed by atoms with van der Waals surface area (Å²) >= 11 is 5.84. The Morgan fingerprint density at radius 2 is 1.95 bits per heavy atom. The van der Waals surface area contributed by atoms with Crippen LogP contribution in [-0.2, 0) is 23.6 Å².